The zero-order valence-corrected chi connectivity index (χ0v) is 11.8. The zero-order chi connectivity index (χ0) is 14.9. The molecule has 5 nitrogen and oxygen atoms in total. The Morgan fingerprint density at radius 3 is 2.73 bits per heavy atom. The summed E-state index contributed by atoms with van der Waals surface area (Å²) < 4.78 is 5.25. The quantitative estimate of drug-likeness (QED) is 0.727. The van der Waals surface area contributed by atoms with Crippen LogP contribution in [0, 0.1) is 0 Å². The molecule has 0 bridgehead atoms. The molecule has 3 aromatic rings. The summed E-state index contributed by atoms with van der Waals surface area (Å²) in [5, 5.41) is 6.04. The van der Waals surface area contributed by atoms with E-state index in [1.807, 2.05) is 54.6 Å². The molecule has 5 heteroatoms. The molecule has 1 aliphatic rings. The Kier molecular flexibility index (Phi) is 3.12. The summed E-state index contributed by atoms with van der Waals surface area (Å²) in [6.45, 7) is 0.511. The normalized spacial score (nSPS) is 18.0. The molecule has 1 amide bonds. The summed E-state index contributed by atoms with van der Waals surface area (Å²) in [6.07, 6.45) is 0.766. The lowest BCUT2D eigenvalue weighted by Gasteiger charge is -2.21. The number of amides is 1. The van der Waals surface area contributed by atoms with Gasteiger partial charge in [-0.1, -0.05) is 47.6 Å². The molecule has 0 unspecified atom stereocenters. The summed E-state index contributed by atoms with van der Waals surface area (Å²) in [5.74, 6) is -0.0708. The molecule has 1 saturated heterocycles. The summed E-state index contributed by atoms with van der Waals surface area (Å²) in [5.41, 5.74) is 1.72. The van der Waals surface area contributed by atoms with Crippen molar-refractivity contribution in [2.75, 3.05) is 6.61 Å². The van der Waals surface area contributed by atoms with Gasteiger partial charge in [-0.05, 0) is 17.7 Å². The first-order valence-electron chi connectivity index (χ1n) is 7.20. The molecule has 0 aliphatic carbocycles. The minimum absolute atomic E-state index is 0.0995. The molecule has 0 saturated carbocycles. The fourth-order valence-corrected chi connectivity index (χ4v) is 2.79. The highest BCUT2D eigenvalue weighted by molar-refractivity contribution is 6.03. The molecule has 22 heavy (non-hydrogen) atoms. The van der Waals surface area contributed by atoms with E-state index in [1.165, 1.54) is 5.06 Å². The maximum absolute atomic E-state index is 12.8. The first-order valence-corrected chi connectivity index (χ1v) is 7.20. The number of nitrogens with zero attached hydrogens (tertiary/aromatic N) is 2. The van der Waals surface area contributed by atoms with Crippen LogP contribution in [0.3, 0.4) is 0 Å². The van der Waals surface area contributed by atoms with Crippen molar-refractivity contribution in [1.29, 1.82) is 0 Å². The van der Waals surface area contributed by atoms with Crippen molar-refractivity contribution < 1.29 is 14.2 Å². The first-order chi connectivity index (χ1) is 10.8. The molecule has 1 aliphatic heterocycles. The van der Waals surface area contributed by atoms with Crippen LogP contribution in [0.25, 0.3) is 10.9 Å². The number of carbonyl (C=O) groups excluding carboxylic acids is 1. The molecule has 0 N–H and O–H groups in total. The number of hydrogen-bond acceptors (Lipinski definition) is 4. The number of fused-ring (bicyclic) bond motifs is 1. The van der Waals surface area contributed by atoms with E-state index in [2.05, 4.69) is 5.16 Å². The third-order valence-electron chi connectivity index (χ3n) is 3.87. The van der Waals surface area contributed by atoms with Crippen LogP contribution in [-0.4, -0.2) is 22.7 Å². The molecule has 2 aromatic carbocycles. The highest BCUT2D eigenvalue weighted by Crippen LogP contribution is 2.32. The average Bonchev–Trinajstić information content (AvgIpc) is 3.22. The van der Waals surface area contributed by atoms with Crippen molar-refractivity contribution >= 4 is 16.8 Å². The van der Waals surface area contributed by atoms with Gasteiger partial charge in [0.2, 0.25) is 5.76 Å². The highest BCUT2D eigenvalue weighted by atomic mass is 16.7. The lowest BCUT2D eigenvalue weighted by Crippen LogP contribution is -2.29. The molecule has 0 spiro atoms. The Bertz CT molecular complexity index is 813. The summed E-state index contributed by atoms with van der Waals surface area (Å²) in [7, 11) is 0. The molecule has 0 radical (unpaired) electrons. The standard InChI is InChI=1S/C17H14N2O3/c20-17(16-13-8-4-5-9-14(13)18-22-16)19-15(10-11-21-19)12-6-2-1-3-7-12/h1-9,15H,10-11H2/t15-/m0/s1. The molecule has 1 aromatic heterocycles. The number of hydrogen-bond donors (Lipinski definition) is 0. The van der Waals surface area contributed by atoms with E-state index < -0.39 is 0 Å². The van der Waals surface area contributed by atoms with Gasteiger partial charge in [0.05, 0.1) is 18.0 Å². The van der Waals surface area contributed by atoms with Gasteiger partial charge in [0, 0.05) is 6.42 Å². The minimum atomic E-state index is -0.292. The Labute approximate surface area is 127 Å². The fraction of sp³-hybridized carbons (Fsp3) is 0.176. The second-order valence-electron chi connectivity index (χ2n) is 5.21. The van der Waals surface area contributed by atoms with Gasteiger partial charge in [0.1, 0.15) is 5.52 Å². The molecule has 110 valence electrons. The van der Waals surface area contributed by atoms with Crippen LogP contribution in [-0.2, 0) is 4.84 Å². The highest BCUT2D eigenvalue weighted by Gasteiger charge is 2.35. The van der Waals surface area contributed by atoms with Crippen LogP contribution in [0.1, 0.15) is 28.6 Å². The zero-order valence-electron chi connectivity index (χ0n) is 11.8. The van der Waals surface area contributed by atoms with Crippen LogP contribution >= 0.6 is 0 Å². The maximum atomic E-state index is 12.8. The smallest absolute Gasteiger partial charge is 0.317 e. The molecule has 1 fully saturated rings. The molecule has 4 rings (SSSR count). The van der Waals surface area contributed by atoms with Crippen LogP contribution in [0.2, 0.25) is 0 Å². The Balaban J connectivity index is 1.70. The summed E-state index contributed by atoms with van der Waals surface area (Å²) >= 11 is 0. The predicted octanol–water partition coefficient (Wildman–Crippen LogP) is 3.35. The van der Waals surface area contributed by atoms with Crippen molar-refractivity contribution in [3.8, 4) is 0 Å². The van der Waals surface area contributed by atoms with Gasteiger partial charge in [0.15, 0.2) is 0 Å². The molecular weight excluding hydrogens is 280 g/mol. The van der Waals surface area contributed by atoms with E-state index in [-0.39, 0.29) is 17.7 Å². The Hall–Kier alpha value is -2.66. The van der Waals surface area contributed by atoms with Crippen molar-refractivity contribution in [2.24, 2.45) is 0 Å². The number of aromatic nitrogens is 1. The monoisotopic (exact) mass is 294 g/mol. The number of rotatable bonds is 2. The summed E-state index contributed by atoms with van der Waals surface area (Å²) in [4.78, 5) is 18.3. The van der Waals surface area contributed by atoms with Gasteiger partial charge in [0.25, 0.3) is 0 Å². The van der Waals surface area contributed by atoms with Gasteiger partial charge in [-0.25, -0.2) is 5.06 Å². The van der Waals surface area contributed by atoms with E-state index in [0.717, 1.165) is 12.0 Å². The Morgan fingerprint density at radius 2 is 1.86 bits per heavy atom. The van der Waals surface area contributed by atoms with E-state index in [0.29, 0.717) is 17.5 Å². The molecule has 2 heterocycles. The lowest BCUT2D eigenvalue weighted by molar-refractivity contribution is -0.0981. The lowest BCUT2D eigenvalue weighted by atomic mass is 10.0. The average molecular weight is 294 g/mol. The van der Waals surface area contributed by atoms with Crippen LogP contribution in [0.15, 0.2) is 59.1 Å². The van der Waals surface area contributed by atoms with Gasteiger partial charge >= 0.3 is 5.91 Å². The third-order valence-corrected chi connectivity index (χ3v) is 3.87. The van der Waals surface area contributed by atoms with E-state index in [4.69, 9.17) is 9.36 Å². The number of benzene rings is 2. The van der Waals surface area contributed by atoms with Gasteiger partial charge in [-0.3, -0.25) is 9.63 Å². The second kappa shape index (κ2) is 5.27. The Morgan fingerprint density at radius 1 is 1.09 bits per heavy atom. The third kappa shape index (κ3) is 2.07. The maximum Gasteiger partial charge on any atom is 0.317 e. The van der Waals surface area contributed by atoms with Gasteiger partial charge in [-0.15, -0.1) is 0 Å². The minimum Gasteiger partial charge on any atom is -0.350 e. The number of carbonyl (C=O) groups is 1. The van der Waals surface area contributed by atoms with Crippen molar-refractivity contribution in [1.82, 2.24) is 10.2 Å². The molecular formula is C17H14N2O3. The van der Waals surface area contributed by atoms with E-state index in [1.54, 1.807) is 0 Å². The van der Waals surface area contributed by atoms with E-state index in [9.17, 15) is 4.79 Å². The predicted molar refractivity (Wildman–Crippen MR) is 79.9 cm³/mol. The van der Waals surface area contributed by atoms with E-state index >= 15 is 0 Å². The second-order valence-corrected chi connectivity index (χ2v) is 5.21. The van der Waals surface area contributed by atoms with Crippen LogP contribution in [0.5, 0.6) is 0 Å². The molecule has 1 atom stereocenters. The first kappa shape index (κ1) is 13.0. The van der Waals surface area contributed by atoms with Crippen LogP contribution in [0.4, 0.5) is 0 Å². The van der Waals surface area contributed by atoms with Crippen molar-refractivity contribution in [3.05, 3.63) is 65.9 Å². The van der Waals surface area contributed by atoms with Crippen molar-refractivity contribution in [2.45, 2.75) is 12.5 Å². The fourth-order valence-electron chi connectivity index (χ4n) is 2.79. The van der Waals surface area contributed by atoms with Gasteiger partial charge < -0.3 is 4.52 Å². The van der Waals surface area contributed by atoms with Gasteiger partial charge in [-0.2, -0.15) is 0 Å². The summed E-state index contributed by atoms with van der Waals surface area (Å²) in [6, 6.07) is 17.1. The SMILES string of the molecule is O=C(c1onc2ccccc12)N1OCC[C@H]1c1ccccc1. The largest absolute Gasteiger partial charge is 0.350 e. The topological polar surface area (TPSA) is 55.6 Å². The number of hydroxylamine groups is 2. The van der Waals surface area contributed by atoms with Crippen LogP contribution < -0.4 is 0 Å². The van der Waals surface area contributed by atoms with Crippen molar-refractivity contribution in [3.63, 3.8) is 0 Å².